The highest BCUT2D eigenvalue weighted by Gasteiger charge is 2.34. The van der Waals surface area contributed by atoms with E-state index in [2.05, 4.69) is 14.0 Å². The largest absolute Gasteiger partial charge is 1.00 e. The molecule has 0 saturated carbocycles. The lowest BCUT2D eigenvalue weighted by atomic mass is 10.1. The molecule has 0 unspecified atom stereocenters. The molecule has 0 N–H and O–H groups in total. The second-order valence-corrected chi connectivity index (χ2v) is 12.0. The molecule has 0 radical (unpaired) electrons. The molecule has 0 spiro atoms. The van der Waals surface area contributed by atoms with Crippen LogP contribution in [-0.4, -0.2) is 56.2 Å². The summed E-state index contributed by atoms with van der Waals surface area (Å²) in [7, 11) is -0.986. The van der Waals surface area contributed by atoms with E-state index in [1.54, 1.807) is 4.31 Å². The number of benzene rings is 1. The zero-order valence-electron chi connectivity index (χ0n) is 20.9. The van der Waals surface area contributed by atoms with E-state index in [-0.39, 0.29) is 28.6 Å². The smallest absolute Gasteiger partial charge is 0.214 e. The van der Waals surface area contributed by atoms with Gasteiger partial charge in [0.15, 0.2) is 0 Å². The maximum atomic E-state index is 13.1. The third kappa shape index (κ3) is 12.1. The van der Waals surface area contributed by atoms with Gasteiger partial charge in [0.1, 0.15) is 12.4 Å². The van der Waals surface area contributed by atoms with Gasteiger partial charge in [-0.1, -0.05) is 89.7 Å². The molecule has 0 aliphatic carbocycles. The molecule has 0 aromatic heterocycles. The van der Waals surface area contributed by atoms with Crippen molar-refractivity contribution in [3.8, 4) is 0 Å². The van der Waals surface area contributed by atoms with Crippen LogP contribution in [-0.2, 0) is 16.6 Å². The Kier molecular flexibility index (Phi) is 15.0. The Labute approximate surface area is 213 Å². The highest BCUT2D eigenvalue weighted by atomic mass is 79.9. The van der Waals surface area contributed by atoms with Gasteiger partial charge in [-0.05, 0) is 18.6 Å². The summed E-state index contributed by atoms with van der Waals surface area (Å²) < 4.78 is 41.1. The van der Waals surface area contributed by atoms with E-state index in [0.717, 1.165) is 48.9 Å². The summed E-state index contributed by atoms with van der Waals surface area (Å²) >= 11 is 0. The van der Waals surface area contributed by atoms with E-state index < -0.39 is 10.0 Å². The second kappa shape index (κ2) is 16.2. The SMILES string of the molecule is CCCCCCCCCCCCCCS(=O)(=O)N1CC[N+](C)(Cc2ccc(F)cc2)CC1.[Br-]. The number of unbranched alkanes of at least 4 members (excludes halogenated alkanes) is 11. The molecule has 33 heavy (non-hydrogen) atoms. The number of likely N-dealkylation sites (N-methyl/N-ethyl adjacent to an activating group) is 1. The fourth-order valence-corrected chi connectivity index (χ4v) is 6.20. The Morgan fingerprint density at radius 3 is 1.76 bits per heavy atom. The summed E-state index contributed by atoms with van der Waals surface area (Å²) in [5, 5.41) is 0. The number of sulfonamides is 1. The molecule has 1 fully saturated rings. The Hall–Kier alpha value is -0.500. The summed E-state index contributed by atoms with van der Waals surface area (Å²) in [5.41, 5.74) is 1.10. The van der Waals surface area contributed by atoms with Crippen LogP contribution in [0, 0.1) is 5.82 Å². The van der Waals surface area contributed by atoms with E-state index in [1.807, 2.05) is 12.1 Å². The van der Waals surface area contributed by atoms with Crippen LogP contribution in [0.15, 0.2) is 24.3 Å². The summed E-state index contributed by atoms with van der Waals surface area (Å²) in [4.78, 5) is 0. The van der Waals surface area contributed by atoms with Crippen molar-refractivity contribution in [2.24, 2.45) is 0 Å². The summed E-state index contributed by atoms with van der Waals surface area (Å²) in [5.74, 6) is 0.0664. The van der Waals surface area contributed by atoms with Gasteiger partial charge in [-0.15, -0.1) is 0 Å². The minimum absolute atomic E-state index is 0. The van der Waals surface area contributed by atoms with Gasteiger partial charge in [0, 0.05) is 5.56 Å². The van der Waals surface area contributed by atoms with Crippen LogP contribution in [0.4, 0.5) is 4.39 Å². The molecule has 1 saturated heterocycles. The first-order valence-electron chi connectivity index (χ1n) is 12.9. The van der Waals surface area contributed by atoms with Crippen LogP contribution in [0.3, 0.4) is 0 Å². The first-order chi connectivity index (χ1) is 15.3. The zero-order chi connectivity index (χ0) is 23.3. The van der Waals surface area contributed by atoms with Crippen molar-refractivity contribution in [3.05, 3.63) is 35.6 Å². The van der Waals surface area contributed by atoms with Gasteiger partial charge in [-0.25, -0.2) is 12.8 Å². The van der Waals surface area contributed by atoms with Crippen LogP contribution in [0.25, 0.3) is 0 Å². The topological polar surface area (TPSA) is 37.4 Å². The van der Waals surface area contributed by atoms with Crippen molar-refractivity contribution >= 4 is 10.0 Å². The van der Waals surface area contributed by atoms with E-state index in [9.17, 15) is 12.8 Å². The Morgan fingerprint density at radius 2 is 1.27 bits per heavy atom. The molecule has 2 rings (SSSR count). The van der Waals surface area contributed by atoms with E-state index in [0.29, 0.717) is 13.1 Å². The molecule has 1 aliphatic heterocycles. The number of quaternary nitrogens is 1. The van der Waals surface area contributed by atoms with Crippen LogP contribution < -0.4 is 17.0 Å². The Bertz CT molecular complexity index is 735. The quantitative estimate of drug-likeness (QED) is 0.235. The molecule has 0 atom stereocenters. The maximum absolute atomic E-state index is 13.1. The lowest BCUT2D eigenvalue weighted by molar-refractivity contribution is -0.925. The predicted molar refractivity (Wildman–Crippen MR) is 132 cm³/mol. The van der Waals surface area contributed by atoms with Gasteiger partial charge in [0.05, 0.1) is 39.0 Å². The standard InChI is InChI=1S/C26H46FN2O2S.BrH/c1-3-4-5-6-7-8-9-10-11-12-13-14-23-32(30,31)28-19-21-29(2,22-20-28)24-25-15-17-26(27)18-16-25;/h15-18H,3-14,19-24H2,1-2H3;1H/q+1;/p-1. The van der Waals surface area contributed by atoms with Crippen molar-refractivity contribution in [2.75, 3.05) is 39.0 Å². The molecule has 1 aromatic carbocycles. The van der Waals surface area contributed by atoms with Crippen LogP contribution in [0.1, 0.15) is 89.5 Å². The number of halogens is 2. The van der Waals surface area contributed by atoms with Crippen LogP contribution >= 0.6 is 0 Å². The molecule has 0 bridgehead atoms. The van der Waals surface area contributed by atoms with Gasteiger partial charge in [-0.2, -0.15) is 4.31 Å². The molecular formula is C26H46BrFN2O2S. The van der Waals surface area contributed by atoms with Gasteiger partial charge in [0.2, 0.25) is 10.0 Å². The zero-order valence-corrected chi connectivity index (χ0v) is 23.3. The predicted octanol–water partition coefficient (Wildman–Crippen LogP) is 3.12. The van der Waals surface area contributed by atoms with Crippen molar-refractivity contribution in [1.82, 2.24) is 4.31 Å². The fraction of sp³-hybridized carbons (Fsp3) is 0.769. The third-order valence-corrected chi connectivity index (χ3v) is 8.86. The molecule has 1 aromatic rings. The van der Waals surface area contributed by atoms with Crippen molar-refractivity contribution in [3.63, 3.8) is 0 Å². The fourth-order valence-electron chi connectivity index (χ4n) is 4.65. The molecule has 1 aliphatic rings. The minimum Gasteiger partial charge on any atom is -1.00 e. The number of hydrogen-bond acceptors (Lipinski definition) is 2. The van der Waals surface area contributed by atoms with Gasteiger partial charge in [-0.3, -0.25) is 0 Å². The monoisotopic (exact) mass is 548 g/mol. The Morgan fingerprint density at radius 1 is 0.818 bits per heavy atom. The minimum atomic E-state index is -3.15. The molecule has 1 heterocycles. The van der Waals surface area contributed by atoms with Crippen LogP contribution in [0.5, 0.6) is 0 Å². The molecule has 192 valence electrons. The third-order valence-electron chi connectivity index (χ3n) is 6.91. The lowest BCUT2D eigenvalue weighted by Gasteiger charge is -2.41. The first-order valence-corrected chi connectivity index (χ1v) is 14.5. The molecular weight excluding hydrogens is 503 g/mol. The molecule has 7 heteroatoms. The second-order valence-electron chi connectivity index (χ2n) is 9.96. The van der Waals surface area contributed by atoms with Gasteiger partial charge in [0.25, 0.3) is 0 Å². The van der Waals surface area contributed by atoms with E-state index in [4.69, 9.17) is 0 Å². The van der Waals surface area contributed by atoms with Crippen LogP contribution in [0.2, 0.25) is 0 Å². The van der Waals surface area contributed by atoms with Crippen molar-refractivity contribution in [1.29, 1.82) is 0 Å². The Balaban J connectivity index is 0.00000544. The number of rotatable bonds is 16. The van der Waals surface area contributed by atoms with Crippen molar-refractivity contribution < 1.29 is 34.3 Å². The van der Waals surface area contributed by atoms with Crippen molar-refractivity contribution in [2.45, 2.75) is 90.5 Å². The summed E-state index contributed by atoms with van der Waals surface area (Å²) in [6.45, 7) is 5.83. The molecule has 4 nitrogen and oxygen atoms in total. The summed E-state index contributed by atoms with van der Waals surface area (Å²) in [6, 6.07) is 6.65. The van der Waals surface area contributed by atoms with Gasteiger partial charge < -0.3 is 21.5 Å². The number of piperazine rings is 1. The average Bonchev–Trinajstić information content (AvgIpc) is 2.76. The van der Waals surface area contributed by atoms with Gasteiger partial charge >= 0.3 is 0 Å². The molecule has 0 amide bonds. The summed E-state index contributed by atoms with van der Waals surface area (Å²) in [6.07, 6.45) is 15.0. The average molecular weight is 550 g/mol. The normalized spacial score (nSPS) is 16.5. The first kappa shape index (κ1) is 30.5. The van der Waals surface area contributed by atoms with E-state index >= 15 is 0 Å². The maximum Gasteiger partial charge on any atom is 0.214 e. The van der Waals surface area contributed by atoms with E-state index in [1.165, 1.54) is 69.9 Å². The lowest BCUT2D eigenvalue weighted by Crippen LogP contribution is -3.00. The number of hydrogen-bond donors (Lipinski definition) is 0. The highest BCUT2D eigenvalue weighted by Crippen LogP contribution is 2.19. The number of nitrogens with zero attached hydrogens (tertiary/aromatic N) is 2. The highest BCUT2D eigenvalue weighted by molar-refractivity contribution is 7.89.